The van der Waals surface area contributed by atoms with Crippen LogP contribution in [0.4, 0.5) is 5.69 Å². The van der Waals surface area contributed by atoms with E-state index < -0.39 is 0 Å². The van der Waals surface area contributed by atoms with Gasteiger partial charge in [0.25, 0.3) is 0 Å². The van der Waals surface area contributed by atoms with Gasteiger partial charge in [0.05, 0.1) is 19.3 Å². The Kier molecular flexibility index (Phi) is 4.07. The number of rotatable bonds is 4. The van der Waals surface area contributed by atoms with Crippen molar-refractivity contribution in [2.24, 2.45) is 0 Å². The molecule has 4 heteroatoms. The number of likely N-dealkylation sites (tertiary alicyclic amines) is 1. The van der Waals surface area contributed by atoms with Crippen molar-refractivity contribution in [1.29, 1.82) is 0 Å². The molecule has 0 radical (unpaired) electrons. The number of anilines is 1. The summed E-state index contributed by atoms with van der Waals surface area (Å²) in [5.41, 5.74) is 2.02. The number of hydrogen-bond acceptors (Lipinski definition) is 3. The first-order chi connectivity index (χ1) is 8.70. The zero-order chi connectivity index (χ0) is 13.0. The molecule has 1 aliphatic heterocycles. The van der Waals surface area contributed by atoms with Crippen LogP contribution in [0.15, 0.2) is 18.2 Å². The molecule has 1 aliphatic rings. The lowest BCUT2D eigenvalue weighted by Crippen LogP contribution is -2.33. The van der Waals surface area contributed by atoms with Gasteiger partial charge in [-0.15, -0.1) is 0 Å². The average Bonchev–Trinajstić information content (AvgIpc) is 2.90. The van der Waals surface area contributed by atoms with Crippen LogP contribution in [0.2, 0.25) is 0 Å². The van der Waals surface area contributed by atoms with Gasteiger partial charge in [-0.2, -0.15) is 0 Å². The Bertz CT molecular complexity index is 426. The van der Waals surface area contributed by atoms with Gasteiger partial charge in [0, 0.05) is 13.1 Å². The minimum atomic E-state index is 0.163. The van der Waals surface area contributed by atoms with E-state index in [4.69, 9.17) is 4.74 Å². The summed E-state index contributed by atoms with van der Waals surface area (Å²) in [5.74, 6) is 0.936. The number of nitrogens with one attached hydrogen (secondary N) is 1. The van der Waals surface area contributed by atoms with Gasteiger partial charge in [-0.25, -0.2) is 0 Å². The molecule has 1 amide bonds. The third-order valence-corrected chi connectivity index (χ3v) is 3.24. The summed E-state index contributed by atoms with van der Waals surface area (Å²) < 4.78 is 5.27. The van der Waals surface area contributed by atoms with Crippen LogP contribution in [0.5, 0.6) is 5.75 Å². The summed E-state index contributed by atoms with van der Waals surface area (Å²) in [5, 5.41) is 3.17. The molecule has 2 rings (SSSR count). The molecule has 18 heavy (non-hydrogen) atoms. The van der Waals surface area contributed by atoms with Crippen molar-refractivity contribution >= 4 is 11.6 Å². The second-order valence-electron chi connectivity index (χ2n) is 4.65. The summed E-state index contributed by atoms with van der Waals surface area (Å²) in [4.78, 5) is 13.8. The second kappa shape index (κ2) is 5.76. The standard InChI is InChI=1S/C14H20N2O2/c1-11-5-6-13(18-2)12(9-11)15-10-14(17)16-7-3-4-8-16/h5-6,9,15H,3-4,7-8,10H2,1-2H3. The molecule has 1 aromatic carbocycles. The number of aryl methyl sites for hydroxylation is 1. The third-order valence-electron chi connectivity index (χ3n) is 3.24. The van der Waals surface area contributed by atoms with Gasteiger partial charge in [-0.3, -0.25) is 4.79 Å². The Morgan fingerprint density at radius 2 is 2.11 bits per heavy atom. The lowest BCUT2D eigenvalue weighted by molar-refractivity contribution is -0.128. The molecule has 0 unspecified atom stereocenters. The van der Waals surface area contributed by atoms with Crippen LogP contribution in [0.1, 0.15) is 18.4 Å². The molecule has 1 fully saturated rings. The van der Waals surface area contributed by atoms with Gasteiger partial charge < -0.3 is 15.0 Å². The zero-order valence-corrected chi connectivity index (χ0v) is 11.0. The van der Waals surface area contributed by atoms with Crippen molar-refractivity contribution in [3.05, 3.63) is 23.8 Å². The van der Waals surface area contributed by atoms with E-state index in [9.17, 15) is 4.79 Å². The van der Waals surface area contributed by atoms with Crippen LogP contribution in [-0.4, -0.2) is 37.6 Å². The van der Waals surface area contributed by atoms with E-state index in [2.05, 4.69) is 5.32 Å². The fraction of sp³-hybridized carbons (Fsp3) is 0.500. The number of carbonyl (C=O) groups is 1. The first-order valence-corrected chi connectivity index (χ1v) is 6.37. The largest absolute Gasteiger partial charge is 0.495 e. The maximum absolute atomic E-state index is 11.9. The Hall–Kier alpha value is -1.71. The topological polar surface area (TPSA) is 41.6 Å². The van der Waals surface area contributed by atoms with E-state index in [0.29, 0.717) is 6.54 Å². The smallest absolute Gasteiger partial charge is 0.241 e. The molecule has 0 aliphatic carbocycles. The minimum absolute atomic E-state index is 0.163. The number of ether oxygens (including phenoxy) is 1. The maximum atomic E-state index is 11.9. The Morgan fingerprint density at radius 3 is 2.78 bits per heavy atom. The Morgan fingerprint density at radius 1 is 1.39 bits per heavy atom. The van der Waals surface area contributed by atoms with Gasteiger partial charge >= 0.3 is 0 Å². The van der Waals surface area contributed by atoms with Crippen molar-refractivity contribution < 1.29 is 9.53 Å². The molecular weight excluding hydrogens is 228 g/mol. The molecule has 1 N–H and O–H groups in total. The van der Waals surface area contributed by atoms with Crippen LogP contribution in [0, 0.1) is 6.92 Å². The highest BCUT2D eigenvalue weighted by Gasteiger charge is 2.17. The quantitative estimate of drug-likeness (QED) is 0.886. The Balaban J connectivity index is 1.96. The molecule has 1 aromatic rings. The van der Waals surface area contributed by atoms with E-state index in [1.54, 1.807) is 7.11 Å². The van der Waals surface area contributed by atoms with Gasteiger partial charge in [-0.1, -0.05) is 6.07 Å². The molecule has 0 atom stereocenters. The predicted octanol–water partition coefficient (Wildman–Crippen LogP) is 2.04. The summed E-state index contributed by atoms with van der Waals surface area (Å²) >= 11 is 0. The molecule has 1 saturated heterocycles. The van der Waals surface area contributed by atoms with Gasteiger partial charge in [0.15, 0.2) is 0 Å². The van der Waals surface area contributed by atoms with Gasteiger partial charge in [0.2, 0.25) is 5.91 Å². The molecule has 0 aromatic heterocycles. The number of carbonyl (C=O) groups excluding carboxylic acids is 1. The van der Waals surface area contributed by atoms with Crippen LogP contribution < -0.4 is 10.1 Å². The van der Waals surface area contributed by atoms with Gasteiger partial charge in [0.1, 0.15) is 5.75 Å². The van der Waals surface area contributed by atoms with E-state index >= 15 is 0 Å². The number of methoxy groups -OCH3 is 1. The summed E-state index contributed by atoms with van der Waals surface area (Å²) in [6, 6.07) is 5.90. The van der Waals surface area contributed by atoms with Crippen LogP contribution in [0.25, 0.3) is 0 Å². The molecule has 98 valence electrons. The number of benzene rings is 1. The first kappa shape index (κ1) is 12.7. The summed E-state index contributed by atoms with van der Waals surface area (Å²) in [6.07, 6.45) is 2.25. The van der Waals surface area contributed by atoms with Crippen molar-refractivity contribution in [2.45, 2.75) is 19.8 Å². The van der Waals surface area contributed by atoms with E-state index in [0.717, 1.165) is 42.9 Å². The average molecular weight is 248 g/mol. The van der Waals surface area contributed by atoms with Crippen LogP contribution >= 0.6 is 0 Å². The van der Waals surface area contributed by atoms with E-state index in [-0.39, 0.29) is 5.91 Å². The summed E-state index contributed by atoms with van der Waals surface area (Å²) in [6.45, 7) is 4.14. The maximum Gasteiger partial charge on any atom is 0.241 e. The van der Waals surface area contributed by atoms with Gasteiger partial charge in [-0.05, 0) is 37.5 Å². The van der Waals surface area contributed by atoms with Crippen LogP contribution in [-0.2, 0) is 4.79 Å². The number of hydrogen-bond donors (Lipinski definition) is 1. The molecule has 4 nitrogen and oxygen atoms in total. The SMILES string of the molecule is COc1ccc(C)cc1NCC(=O)N1CCCC1. The Labute approximate surface area is 108 Å². The molecular formula is C14H20N2O2. The zero-order valence-electron chi connectivity index (χ0n) is 11.0. The second-order valence-corrected chi connectivity index (χ2v) is 4.65. The minimum Gasteiger partial charge on any atom is -0.495 e. The normalized spacial score (nSPS) is 14.7. The molecule has 0 spiro atoms. The van der Waals surface area contributed by atoms with Crippen molar-refractivity contribution in [2.75, 3.05) is 32.1 Å². The summed E-state index contributed by atoms with van der Waals surface area (Å²) in [7, 11) is 1.64. The highest BCUT2D eigenvalue weighted by atomic mass is 16.5. The van der Waals surface area contributed by atoms with Crippen molar-refractivity contribution in [3.63, 3.8) is 0 Å². The highest BCUT2D eigenvalue weighted by molar-refractivity contribution is 5.81. The predicted molar refractivity (Wildman–Crippen MR) is 72.0 cm³/mol. The van der Waals surface area contributed by atoms with Crippen molar-refractivity contribution in [3.8, 4) is 5.75 Å². The van der Waals surface area contributed by atoms with Crippen LogP contribution in [0.3, 0.4) is 0 Å². The molecule has 0 saturated carbocycles. The third kappa shape index (κ3) is 2.94. The lowest BCUT2D eigenvalue weighted by Gasteiger charge is -2.17. The fourth-order valence-electron chi connectivity index (χ4n) is 2.21. The highest BCUT2D eigenvalue weighted by Crippen LogP contribution is 2.25. The van der Waals surface area contributed by atoms with E-state index in [1.165, 1.54) is 0 Å². The first-order valence-electron chi connectivity index (χ1n) is 6.37. The number of nitrogens with zero attached hydrogens (tertiary/aromatic N) is 1. The number of amides is 1. The molecule has 1 heterocycles. The van der Waals surface area contributed by atoms with Crippen molar-refractivity contribution in [1.82, 2.24) is 4.90 Å². The molecule has 0 bridgehead atoms. The fourth-order valence-corrected chi connectivity index (χ4v) is 2.21. The monoisotopic (exact) mass is 248 g/mol. The van der Waals surface area contributed by atoms with E-state index in [1.807, 2.05) is 30.0 Å². The lowest BCUT2D eigenvalue weighted by atomic mass is 10.2.